The molecule has 0 bridgehead atoms. The van der Waals surface area contributed by atoms with Crippen LogP contribution in [0.25, 0.3) is 0 Å². The molecule has 6 N–H and O–H groups in total. The highest BCUT2D eigenvalue weighted by Gasteiger charge is 2.28. The van der Waals surface area contributed by atoms with Gasteiger partial charge in [-0.1, -0.05) is 0 Å². The van der Waals surface area contributed by atoms with Crippen LogP contribution >= 0.6 is 7.67 Å². The maximum absolute atomic E-state index is 11.6. The van der Waals surface area contributed by atoms with E-state index in [1.165, 1.54) is 16.8 Å². The van der Waals surface area contributed by atoms with E-state index in [0.717, 1.165) is 0 Å². The fourth-order valence-corrected chi connectivity index (χ4v) is 2.26. The van der Waals surface area contributed by atoms with Crippen molar-refractivity contribution in [3.63, 3.8) is 0 Å². The van der Waals surface area contributed by atoms with Crippen molar-refractivity contribution in [3.05, 3.63) is 22.7 Å². The highest BCUT2D eigenvalue weighted by atomic mass is 31.2. The summed E-state index contributed by atoms with van der Waals surface area (Å²) >= 11 is 0. The van der Waals surface area contributed by atoms with Gasteiger partial charge in [-0.3, -0.25) is 9.13 Å². The second-order valence-electron chi connectivity index (χ2n) is 4.27. The second kappa shape index (κ2) is 5.40. The molecule has 0 unspecified atom stereocenters. The van der Waals surface area contributed by atoms with Gasteiger partial charge in [0.25, 0.3) is 0 Å². The molecule has 2 heterocycles. The normalized spacial score (nSPS) is 23.7. The Labute approximate surface area is 109 Å². The van der Waals surface area contributed by atoms with Gasteiger partial charge in [0.15, 0.2) is 0 Å². The molecule has 0 aliphatic carbocycles. The number of ether oxygens (including phenoxy) is 1. The molecule has 19 heavy (non-hydrogen) atoms. The fourth-order valence-electron chi connectivity index (χ4n) is 1.86. The number of aromatic nitrogens is 2. The minimum Gasteiger partial charge on any atom is -0.383 e. The third kappa shape index (κ3) is 3.85. The number of nitrogens with zero attached hydrogens (tertiary/aromatic N) is 2. The zero-order valence-corrected chi connectivity index (χ0v) is 11.0. The molecule has 1 aliphatic heterocycles. The minimum atomic E-state index is -3.50. The lowest BCUT2D eigenvalue weighted by molar-refractivity contribution is -0.0195. The smallest absolute Gasteiger partial charge is 0.351 e. The number of nitrogens with two attached hydrogens (primary N) is 3. The molecule has 1 aromatic rings. The van der Waals surface area contributed by atoms with Crippen LogP contribution in [-0.4, -0.2) is 22.3 Å². The second-order valence-corrected chi connectivity index (χ2v) is 5.82. The van der Waals surface area contributed by atoms with E-state index in [-0.39, 0.29) is 18.5 Å². The molecule has 0 spiro atoms. The van der Waals surface area contributed by atoms with E-state index in [1.54, 1.807) is 0 Å². The van der Waals surface area contributed by atoms with Crippen LogP contribution in [0, 0.1) is 0 Å². The monoisotopic (exact) mass is 289 g/mol. The molecule has 10 heteroatoms. The standard InChI is InChI=1S/C9H16N5O4P/c10-7-3-4-14(9(15)13-7)8-2-1-6(18-8)5-17-19(11,12)16/h3-4,6,8H,1-2,5H2,(H2,10,13,15)(H4,11,12,16)/t6-,8+/m0/s1. The van der Waals surface area contributed by atoms with Crippen molar-refractivity contribution in [1.29, 1.82) is 0 Å². The zero-order valence-electron chi connectivity index (χ0n) is 10.1. The van der Waals surface area contributed by atoms with E-state index < -0.39 is 19.6 Å². The first-order chi connectivity index (χ1) is 8.85. The van der Waals surface area contributed by atoms with Crippen molar-refractivity contribution in [2.45, 2.75) is 25.2 Å². The summed E-state index contributed by atoms with van der Waals surface area (Å²) in [5.41, 5.74) is 15.1. The third-order valence-electron chi connectivity index (χ3n) is 2.71. The van der Waals surface area contributed by atoms with Crippen molar-refractivity contribution in [2.24, 2.45) is 11.0 Å². The van der Waals surface area contributed by atoms with Crippen LogP contribution in [-0.2, 0) is 13.8 Å². The summed E-state index contributed by atoms with van der Waals surface area (Å²) in [4.78, 5) is 15.2. The van der Waals surface area contributed by atoms with E-state index in [9.17, 15) is 9.36 Å². The van der Waals surface area contributed by atoms with Crippen LogP contribution in [0.15, 0.2) is 17.1 Å². The number of rotatable bonds is 4. The molecule has 1 saturated heterocycles. The minimum absolute atomic E-state index is 0.0257. The first-order valence-corrected chi connectivity index (χ1v) is 7.43. The third-order valence-corrected chi connectivity index (χ3v) is 3.26. The van der Waals surface area contributed by atoms with E-state index in [4.69, 9.17) is 26.0 Å². The van der Waals surface area contributed by atoms with Crippen LogP contribution in [0.2, 0.25) is 0 Å². The fraction of sp³-hybridized carbons (Fsp3) is 0.556. The molecule has 1 aliphatic rings. The van der Waals surface area contributed by atoms with Crippen molar-refractivity contribution in [3.8, 4) is 0 Å². The topological polar surface area (TPSA) is 148 Å². The summed E-state index contributed by atoms with van der Waals surface area (Å²) in [6.07, 6.45) is 2.02. The lowest BCUT2D eigenvalue weighted by Crippen LogP contribution is -2.28. The Balaban J connectivity index is 1.98. The molecule has 1 fully saturated rings. The van der Waals surface area contributed by atoms with Crippen LogP contribution in [0.1, 0.15) is 19.1 Å². The molecule has 0 radical (unpaired) electrons. The summed E-state index contributed by atoms with van der Waals surface area (Å²) in [5.74, 6) is 0.159. The predicted octanol–water partition coefficient (Wildman–Crippen LogP) is -0.455. The Bertz CT molecular complexity index is 556. The largest absolute Gasteiger partial charge is 0.383 e. The molecule has 0 aromatic carbocycles. The van der Waals surface area contributed by atoms with E-state index >= 15 is 0 Å². The first-order valence-electron chi connectivity index (χ1n) is 5.67. The van der Waals surface area contributed by atoms with Crippen molar-refractivity contribution in [2.75, 3.05) is 12.3 Å². The SMILES string of the molecule is Nc1ccn([C@H]2CC[C@@H](COP(N)(N)=O)O2)c(=O)n1. The maximum Gasteiger partial charge on any atom is 0.351 e. The van der Waals surface area contributed by atoms with Gasteiger partial charge < -0.3 is 15.0 Å². The molecular weight excluding hydrogens is 273 g/mol. The predicted molar refractivity (Wildman–Crippen MR) is 68.0 cm³/mol. The number of hydrogen-bond donors (Lipinski definition) is 3. The highest BCUT2D eigenvalue weighted by Crippen LogP contribution is 2.32. The number of nitrogen functional groups attached to an aromatic ring is 1. The van der Waals surface area contributed by atoms with Gasteiger partial charge >= 0.3 is 13.4 Å². The zero-order chi connectivity index (χ0) is 14.0. The Hall–Kier alpha value is -1.25. The van der Waals surface area contributed by atoms with Gasteiger partial charge in [-0.05, 0) is 18.9 Å². The summed E-state index contributed by atoms with van der Waals surface area (Å²) < 4.78 is 22.8. The van der Waals surface area contributed by atoms with Crippen LogP contribution in [0.4, 0.5) is 5.82 Å². The molecule has 0 amide bonds. The van der Waals surface area contributed by atoms with E-state index in [1.807, 2.05) is 0 Å². The van der Waals surface area contributed by atoms with Gasteiger partial charge in [0.05, 0.1) is 12.7 Å². The van der Waals surface area contributed by atoms with Crippen molar-refractivity contribution < 1.29 is 13.8 Å². The average molecular weight is 289 g/mol. The molecule has 2 atom stereocenters. The van der Waals surface area contributed by atoms with Gasteiger partial charge in [0, 0.05) is 6.20 Å². The highest BCUT2D eigenvalue weighted by molar-refractivity contribution is 7.53. The number of hydrogen-bond acceptors (Lipinski definition) is 6. The molecule has 2 rings (SSSR count). The first kappa shape index (κ1) is 14.2. The van der Waals surface area contributed by atoms with Gasteiger partial charge in [0.2, 0.25) is 0 Å². The summed E-state index contributed by atoms with van der Waals surface area (Å²) in [6.45, 7) is 0.0257. The molecule has 9 nitrogen and oxygen atoms in total. The molecule has 106 valence electrons. The van der Waals surface area contributed by atoms with Crippen LogP contribution in [0.5, 0.6) is 0 Å². The van der Waals surface area contributed by atoms with Crippen molar-refractivity contribution in [1.82, 2.24) is 9.55 Å². The summed E-state index contributed by atoms with van der Waals surface area (Å²) in [7, 11) is -3.50. The Morgan fingerprint density at radius 1 is 1.53 bits per heavy atom. The van der Waals surface area contributed by atoms with Crippen molar-refractivity contribution >= 4 is 13.5 Å². The average Bonchev–Trinajstić information content (AvgIpc) is 2.74. The Kier molecular flexibility index (Phi) is 4.02. The van der Waals surface area contributed by atoms with Gasteiger partial charge in [-0.15, -0.1) is 0 Å². The van der Waals surface area contributed by atoms with Gasteiger partial charge in [-0.25, -0.2) is 15.8 Å². The quantitative estimate of drug-likeness (QED) is 0.631. The maximum atomic E-state index is 11.6. The van der Waals surface area contributed by atoms with Gasteiger partial charge in [0.1, 0.15) is 12.0 Å². The van der Waals surface area contributed by atoms with E-state index in [2.05, 4.69) is 4.98 Å². The van der Waals surface area contributed by atoms with Crippen LogP contribution in [0.3, 0.4) is 0 Å². The Morgan fingerprint density at radius 3 is 2.89 bits per heavy atom. The van der Waals surface area contributed by atoms with Crippen LogP contribution < -0.4 is 22.4 Å². The summed E-state index contributed by atoms with van der Waals surface area (Å²) in [6, 6.07) is 1.52. The molecule has 1 aromatic heterocycles. The lowest BCUT2D eigenvalue weighted by atomic mass is 10.2. The van der Waals surface area contributed by atoms with Gasteiger partial charge in [-0.2, -0.15) is 4.98 Å². The lowest BCUT2D eigenvalue weighted by Gasteiger charge is -2.16. The molecule has 0 saturated carbocycles. The summed E-state index contributed by atoms with van der Waals surface area (Å²) in [5, 5.41) is 0. The molecular formula is C9H16N5O4P. The van der Waals surface area contributed by atoms with E-state index in [0.29, 0.717) is 12.8 Å². The number of anilines is 1. The Morgan fingerprint density at radius 2 is 2.26 bits per heavy atom.